The molecule has 3 N–H and O–H groups in total. The predicted molar refractivity (Wildman–Crippen MR) is 120 cm³/mol. The van der Waals surface area contributed by atoms with Gasteiger partial charge >= 0.3 is 12.0 Å². The molecule has 0 unspecified atom stereocenters. The van der Waals surface area contributed by atoms with E-state index in [1.54, 1.807) is 29.6 Å². The van der Waals surface area contributed by atoms with Gasteiger partial charge in [-0.25, -0.2) is 9.59 Å². The van der Waals surface area contributed by atoms with E-state index in [0.29, 0.717) is 10.6 Å². The van der Waals surface area contributed by atoms with Crippen LogP contribution in [0.2, 0.25) is 0 Å². The molecule has 4 amide bonds. The van der Waals surface area contributed by atoms with E-state index >= 15 is 0 Å². The lowest BCUT2D eigenvalue weighted by Gasteiger charge is -2.13. The Bertz CT molecular complexity index is 1080. The normalized spacial score (nSPS) is 11.2. The minimum atomic E-state index is -1.18. The molecule has 1 atom stereocenters. The van der Waals surface area contributed by atoms with Crippen LogP contribution >= 0.6 is 11.3 Å². The van der Waals surface area contributed by atoms with Crippen LogP contribution in [-0.4, -0.2) is 29.9 Å². The van der Waals surface area contributed by atoms with Crippen LogP contribution < -0.4 is 16.0 Å². The number of urea groups is 1. The number of anilines is 1. The van der Waals surface area contributed by atoms with Gasteiger partial charge in [-0.3, -0.25) is 14.9 Å². The highest BCUT2D eigenvalue weighted by atomic mass is 32.1. The van der Waals surface area contributed by atoms with Gasteiger partial charge in [-0.1, -0.05) is 36.4 Å². The van der Waals surface area contributed by atoms with Gasteiger partial charge in [0.1, 0.15) is 0 Å². The molecule has 2 aromatic carbocycles. The smallest absolute Gasteiger partial charge is 0.338 e. The van der Waals surface area contributed by atoms with Crippen LogP contribution in [0.4, 0.5) is 10.5 Å². The third-order valence-corrected chi connectivity index (χ3v) is 5.18. The van der Waals surface area contributed by atoms with Crippen molar-refractivity contribution in [2.24, 2.45) is 0 Å². The van der Waals surface area contributed by atoms with Crippen LogP contribution in [0.1, 0.15) is 32.5 Å². The maximum Gasteiger partial charge on any atom is 0.338 e. The van der Waals surface area contributed by atoms with Crippen molar-refractivity contribution in [2.45, 2.75) is 19.6 Å². The lowest BCUT2D eigenvalue weighted by atomic mass is 10.2. The van der Waals surface area contributed by atoms with Gasteiger partial charge in [0.25, 0.3) is 11.8 Å². The summed E-state index contributed by atoms with van der Waals surface area (Å²) in [6.07, 6.45) is -1.18. The van der Waals surface area contributed by atoms with Crippen LogP contribution in [0.5, 0.6) is 0 Å². The fourth-order valence-corrected chi connectivity index (χ4v) is 3.23. The van der Waals surface area contributed by atoms with Crippen LogP contribution in [-0.2, 0) is 16.1 Å². The highest BCUT2D eigenvalue weighted by molar-refractivity contribution is 7.12. The molecule has 3 rings (SSSR count). The van der Waals surface area contributed by atoms with Gasteiger partial charge in [0.2, 0.25) is 0 Å². The number of imide groups is 1. The molecule has 1 aromatic heterocycles. The lowest BCUT2D eigenvalue weighted by Crippen LogP contribution is -2.44. The van der Waals surface area contributed by atoms with Gasteiger partial charge in [-0.05, 0) is 48.2 Å². The van der Waals surface area contributed by atoms with Crippen LogP contribution in [0.25, 0.3) is 0 Å². The Morgan fingerprint density at radius 1 is 0.938 bits per heavy atom. The van der Waals surface area contributed by atoms with E-state index in [1.807, 2.05) is 30.3 Å². The average molecular weight is 452 g/mol. The number of nitrogens with one attached hydrogen (secondary N) is 3. The summed E-state index contributed by atoms with van der Waals surface area (Å²) in [6, 6.07) is 18.1. The zero-order valence-electron chi connectivity index (χ0n) is 17.2. The van der Waals surface area contributed by atoms with Crippen molar-refractivity contribution in [2.75, 3.05) is 5.32 Å². The molecule has 9 heteroatoms. The summed E-state index contributed by atoms with van der Waals surface area (Å²) in [5, 5.41) is 9.22. The Morgan fingerprint density at radius 3 is 2.31 bits per heavy atom. The van der Waals surface area contributed by atoms with E-state index in [-0.39, 0.29) is 18.0 Å². The zero-order chi connectivity index (χ0) is 22.9. The molecular formula is C23H21N3O5S. The molecule has 0 saturated carbocycles. The molecule has 8 nitrogen and oxygen atoms in total. The summed E-state index contributed by atoms with van der Waals surface area (Å²) >= 11 is 1.32. The second-order valence-electron chi connectivity index (χ2n) is 6.71. The summed E-state index contributed by atoms with van der Waals surface area (Å²) in [5.74, 6) is -1.72. The Hall–Kier alpha value is -3.98. The van der Waals surface area contributed by atoms with Crippen molar-refractivity contribution in [1.82, 2.24) is 10.6 Å². The Morgan fingerprint density at radius 2 is 1.66 bits per heavy atom. The maximum atomic E-state index is 12.3. The third kappa shape index (κ3) is 6.51. The highest BCUT2D eigenvalue weighted by Crippen LogP contribution is 2.15. The van der Waals surface area contributed by atoms with E-state index in [2.05, 4.69) is 16.0 Å². The molecular weight excluding hydrogens is 430 g/mol. The summed E-state index contributed by atoms with van der Waals surface area (Å²) < 4.78 is 5.13. The summed E-state index contributed by atoms with van der Waals surface area (Å²) in [6.45, 7) is 1.62. The number of carbonyl (C=O) groups is 4. The van der Waals surface area contributed by atoms with Crippen molar-refractivity contribution < 1.29 is 23.9 Å². The van der Waals surface area contributed by atoms with Crippen molar-refractivity contribution in [3.63, 3.8) is 0 Å². The summed E-state index contributed by atoms with van der Waals surface area (Å²) in [4.78, 5) is 48.9. The zero-order valence-corrected chi connectivity index (χ0v) is 18.0. The van der Waals surface area contributed by atoms with Crippen molar-refractivity contribution >= 4 is 40.8 Å². The first-order valence-corrected chi connectivity index (χ1v) is 10.6. The van der Waals surface area contributed by atoms with E-state index in [4.69, 9.17) is 4.74 Å². The first-order chi connectivity index (χ1) is 15.4. The standard InChI is InChI=1S/C23H21N3O5S/c1-15(20(27)26-23(30)24-14-16-6-3-2-4-7-16)31-22(29)17-9-11-18(12-10-17)25-21(28)19-8-5-13-32-19/h2-13,15H,14H2,1H3,(H,25,28)(H2,24,26,27,30)/t15-/m1/s1. The molecule has 1 heterocycles. The number of rotatable bonds is 7. The third-order valence-electron chi connectivity index (χ3n) is 4.31. The molecule has 0 aliphatic carbocycles. The van der Waals surface area contributed by atoms with E-state index in [0.717, 1.165) is 5.56 Å². The number of hydrogen-bond acceptors (Lipinski definition) is 6. The second kappa shape index (κ2) is 10.9. The summed E-state index contributed by atoms with van der Waals surface area (Å²) in [7, 11) is 0. The quantitative estimate of drug-likeness (QED) is 0.475. The number of benzene rings is 2. The first kappa shape index (κ1) is 22.7. The van der Waals surface area contributed by atoms with Gasteiger partial charge in [-0.2, -0.15) is 0 Å². The van der Waals surface area contributed by atoms with Gasteiger partial charge in [0.05, 0.1) is 10.4 Å². The minimum Gasteiger partial charge on any atom is -0.449 e. The number of ether oxygens (including phenoxy) is 1. The van der Waals surface area contributed by atoms with Gasteiger partial charge < -0.3 is 15.4 Å². The number of thiophene rings is 1. The van der Waals surface area contributed by atoms with Crippen molar-refractivity contribution in [3.8, 4) is 0 Å². The van der Waals surface area contributed by atoms with Gasteiger partial charge in [0.15, 0.2) is 6.10 Å². The molecule has 0 spiro atoms. The fraction of sp³-hybridized carbons (Fsp3) is 0.130. The molecule has 0 aliphatic heterocycles. The van der Waals surface area contributed by atoms with Crippen LogP contribution in [0.15, 0.2) is 72.1 Å². The number of esters is 1. The maximum absolute atomic E-state index is 12.3. The second-order valence-corrected chi connectivity index (χ2v) is 7.66. The average Bonchev–Trinajstić information content (AvgIpc) is 3.34. The van der Waals surface area contributed by atoms with E-state index in [1.165, 1.54) is 30.4 Å². The number of amides is 4. The molecule has 0 radical (unpaired) electrons. The van der Waals surface area contributed by atoms with Crippen LogP contribution in [0, 0.1) is 0 Å². The number of carbonyl (C=O) groups excluding carboxylic acids is 4. The fourth-order valence-electron chi connectivity index (χ4n) is 2.61. The minimum absolute atomic E-state index is 0.201. The molecule has 164 valence electrons. The van der Waals surface area contributed by atoms with Gasteiger partial charge in [-0.15, -0.1) is 11.3 Å². The Kier molecular flexibility index (Phi) is 7.71. The van der Waals surface area contributed by atoms with Crippen molar-refractivity contribution in [3.05, 3.63) is 88.1 Å². The topological polar surface area (TPSA) is 114 Å². The molecule has 0 fully saturated rings. The highest BCUT2D eigenvalue weighted by Gasteiger charge is 2.21. The van der Waals surface area contributed by atoms with Gasteiger partial charge in [0, 0.05) is 12.2 Å². The largest absolute Gasteiger partial charge is 0.449 e. The molecule has 0 bridgehead atoms. The Balaban J connectivity index is 1.46. The predicted octanol–water partition coefficient (Wildman–Crippen LogP) is 3.57. The van der Waals surface area contributed by atoms with E-state index < -0.39 is 24.0 Å². The molecule has 0 saturated heterocycles. The van der Waals surface area contributed by atoms with Crippen molar-refractivity contribution in [1.29, 1.82) is 0 Å². The van der Waals surface area contributed by atoms with E-state index in [9.17, 15) is 19.2 Å². The summed E-state index contributed by atoms with van der Waals surface area (Å²) in [5.41, 5.74) is 1.60. The Labute approximate surface area is 188 Å². The molecule has 32 heavy (non-hydrogen) atoms. The monoisotopic (exact) mass is 451 g/mol. The SMILES string of the molecule is C[C@@H](OC(=O)c1ccc(NC(=O)c2cccs2)cc1)C(=O)NC(=O)NCc1ccccc1. The molecule has 0 aliphatic rings. The number of hydrogen-bond donors (Lipinski definition) is 3. The lowest BCUT2D eigenvalue weighted by molar-refractivity contribution is -0.127. The van der Waals surface area contributed by atoms with Crippen LogP contribution in [0.3, 0.4) is 0 Å². The first-order valence-electron chi connectivity index (χ1n) is 9.71. The molecule has 3 aromatic rings.